The zero-order valence-corrected chi connectivity index (χ0v) is 12.4. The quantitative estimate of drug-likeness (QED) is 0.927. The third-order valence-corrected chi connectivity index (χ3v) is 3.91. The number of nitrogens with zero attached hydrogens (tertiary/aromatic N) is 1. The molecule has 118 valence electrons. The zero-order chi connectivity index (χ0) is 15.6. The molecule has 0 saturated carbocycles. The lowest BCUT2D eigenvalue weighted by atomic mass is 10.0. The van der Waals surface area contributed by atoms with Crippen LogP contribution in [0.15, 0.2) is 24.3 Å². The molecule has 0 radical (unpaired) electrons. The summed E-state index contributed by atoms with van der Waals surface area (Å²) in [6.45, 7) is 8.19. The van der Waals surface area contributed by atoms with Gasteiger partial charge < -0.3 is 10.1 Å². The number of ether oxygens (including phenoxy) is 1. The van der Waals surface area contributed by atoms with Crippen molar-refractivity contribution in [1.29, 1.82) is 0 Å². The van der Waals surface area contributed by atoms with Gasteiger partial charge in [0.2, 0.25) is 0 Å². The molecule has 1 heterocycles. The molecule has 1 N–H and O–H groups in total. The molecule has 1 fully saturated rings. The second-order valence-corrected chi connectivity index (χ2v) is 5.65. The van der Waals surface area contributed by atoms with Gasteiger partial charge in [0.05, 0.1) is 0 Å². The maximum atomic E-state index is 12.1. The van der Waals surface area contributed by atoms with Gasteiger partial charge in [-0.25, -0.2) is 0 Å². The minimum Gasteiger partial charge on any atom is -0.406 e. The molecule has 0 aromatic heterocycles. The normalized spacial score (nSPS) is 25.6. The summed E-state index contributed by atoms with van der Waals surface area (Å²) in [5, 5.41) is 3.42. The van der Waals surface area contributed by atoms with E-state index >= 15 is 0 Å². The maximum absolute atomic E-state index is 12.1. The first-order chi connectivity index (χ1) is 9.76. The van der Waals surface area contributed by atoms with E-state index in [2.05, 4.69) is 35.7 Å². The highest BCUT2D eigenvalue weighted by molar-refractivity contribution is 5.29. The van der Waals surface area contributed by atoms with E-state index in [4.69, 9.17) is 0 Å². The molecule has 3 unspecified atom stereocenters. The van der Waals surface area contributed by atoms with Gasteiger partial charge in [0.25, 0.3) is 0 Å². The molecule has 1 aromatic rings. The SMILES string of the molecule is CC1CN(C(C)c2ccc(OC(F)(F)F)cc2)C(C)CN1. The van der Waals surface area contributed by atoms with Gasteiger partial charge in [-0.3, -0.25) is 4.90 Å². The fourth-order valence-electron chi connectivity index (χ4n) is 2.73. The summed E-state index contributed by atoms with van der Waals surface area (Å²) in [4.78, 5) is 2.36. The molecule has 21 heavy (non-hydrogen) atoms. The Kier molecular flexibility index (Phi) is 4.78. The molecule has 3 nitrogen and oxygen atoms in total. The molecule has 0 amide bonds. The van der Waals surface area contributed by atoms with Crippen LogP contribution in [-0.4, -0.2) is 36.4 Å². The molecule has 0 aliphatic carbocycles. The van der Waals surface area contributed by atoms with E-state index in [1.54, 1.807) is 12.1 Å². The van der Waals surface area contributed by atoms with Crippen LogP contribution in [0.25, 0.3) is 0 Å². The third kappa shape index (κ3) is 4.35. The fraction of sp³-hybridized carbons (Fsp3) is 0.600. The van der Waals surface area contributed by atoms with Gasteiger partial charge in [-0.15, -0.1) is 13.2 Å². The molecule has 1 aromatic carbocycles. The summed E-state index contributed by atoms with van der Waals surface area (Å²) in [5.41, 5.74) is 0.991. The highest BCUT2D eigenvalue weighted by atomic mass is 19.4. The summed E-state index contributed by atoms with van der Waals surface area (Å²) in [6, 6.07) is 7.10. The van der Waals surface area contributed by atoms with Crippen LogP contribution in [0.4, 0.5) is 13.2 Å². The second kappa shape index (κ2) is 6.23. The van der Waals surface area contributed by atoms with Gasteiger partial charge in [0.1, 0.15) is 5.75 Å². The number of benzene rings is 1. The Hall–Kier alpha value is -1.27. The van der Waals surface area contributed by atoms with E-state index in [9.17, 15) is 13.2 Å². The van der Waals surface area contributed by atoms with Crippen LogP contribution in [0, 0.1) is 0 Å². The minimum absolute atomic E-state index is 0.157. The number of hydrogen-bond donors (Lipinski definition) is 1. The molecule has 6 heteroatoms. The Morgan fingerprint density at radius 2 is 1.86 bits per heavy atom. The van der Waals surface area contributed by atoms with E-state index in [-0.39, 0.29) is 11.8 Å². The predicted molar refractivity (Wildman–Crippen MR) is 75.2 cm³/mol. The average Bonchev–Trinajstić information content (AvgIpc) is 2.40. The van der Waals surface area contributed by atoms with Crippen LogP contribution < -0.4 is 10.1 Å². The maximum Gasteiger partial charge on any atom is 0.573 e. The Morgan fingerprint density at radius 1 is 1.24 bits per heavy atom. The monoisotopic (exact) mass is 302 g/mol. The Labute approximate surface area is 123 Å². The molecular weight excluding hydrogens is 281 g/mol. The van der Waals surface area contributed by atoms with Gasteiger partial charge in [-0.1, -0.05) is 12.1 Å². The first kappa shape index (κ1) is 16.1. The Bertz CT molecular complexity index is 461. The number of alkyl halides is 3. The van der Waals surface area contributed by atoms with E-state index in [1.165, 1.54) is 12.1 Å². The lowest BCUT2D eigenvalue weighted by Gasteiger charge is -2.41. The molecule has 1 saturated heterocycles. The van der Waals surface area contributed by atoms with Crippen LogP contribution in [0.1, 0.15) is 32.4 Å². The van der Waals surface area contributed by atoms with Crippen LogP contribution >= 0.6 is 0 Å². The van der Waals surface area contributed by atoms with Crippen molar-refractivity contribution in [3.8, 4) is 5.75 Å². The lowest BCUT2D eigenvalue weighted by Crippen LogP contribution is -2.54. The molecule has 1 aliphatic rings. The van der Waals surface area contributed by atoms with Crippen molar-refractivity contribution in [3.05, 3.63) is 29.8 Å². The van der Waals surface area contributed by atoms with Crippen molar-refractivity contribution in [1.82, 2.24) is 10.2 Å². The van der Waals surface area contributed by atoms with Gasteiger partial charge in [0.15, 0.2) is 0 Å². The highest BCUT2D eigenvalue weighted by Crippen LogP contribution is 2.28. The second-order valence-electron chi connectivity index (χ2n) is 5.65. The Morgan fingerprint density at radius 3 is 2.43 bits per heavy atom. The van der Waals surface area contributed by atoms with E-state index in [1.807, 2.05) is 0 Å². The molecule has 0 spiro atoms. The van der Waals surface area contributed by atoms with Crippen molar-refractivity contribution in [2.24, 2.45) is 0 Å². The van der Waals surface area contributed by atoms with Crippen molar-refractivity contribution in [2.75, 3.05) is 13.1 Å². The standard InChI is InChI=1S/C15H21F3N2O/c1-10-9-20(11(2)8-19-10)12(3)13-4-6-14(7-5-13)21-15(16,17)18/h4-7,10-12,19H,8-9H2,1-3H3. The summed E-state index contributed by atoms with van der Waals surface area (Å²) in [7, 11) is 0. The minimum atomic E-state index is -4.64. The van der Waals surface area contributed by atoms with E-state index in [0.717, 1.165) is 18.7 Å². The number of rotatable bonds is 3. The summed E-state index contributed by atoms with van der Waals surface area (Å²) in [6.07, 6.45) is -4.64. The third-order valence-electron chi connectivity index (χ3n) is 3.91. The van der Waals surface area contributed by atoms with Gasteiger partial charge in [-0.2, -0.15) is 0 Å². The largest absolute Gasteiger partial charge is 0.573 e. The van der Waals surface area contributed by atoms with Crippen molar-refractivity contribution < 1.29 is 17.9 Å². The van der Waals surface area contributed by atoms with Crippen LogP contribution in [0.3, 0.4) is 0 Å². The van der Waals surface area contributed by atoms with Gasteiger partial charge in [-0.05, 0) is 38.5 Å². The Balaban J connectivity index is 2.07. The van der Waals surface area contributed by atoms with Crippen LogP contribution in [-0.2, 0) is 0 Å². The molecule has 1 aliphatic heterocycles. The predicted octanol–water partition coefficient (Wildman–Crippen LogP) is 3.33. The molecule has 3 atom stereocenters. The van der Waals surface area contributed by atoms with Crippen molar-refractivity contribution in [2.45, 2.75) is 45.3 Å². The summed E-state index contributed by atoms with van der Waals surface area (Å²) >= 11 is 0. The highest BCUT2D eigenvalue weighted by Gasteiger charge is 2.31. The number of hydrogen-bond acceptors (Lipinski definition) is 3. The van der Waals surface area contributed by atoms with Gasteiger partial charge in [0, 0.05) is 31.2 Å². The number of halogens is 3. The first-order valence-corrected chi connectivity index (χ1v) is 7.11. The zero-order valence-electron chi connectivity index (χ0n) is 12.4. The number of piperazine rings is 1. The molecule has 0 bridgehead atoms. The molecular formula is C15H21F3N2O. The summed E-state index contributed by atoms with van der Waals surface area (Å²) < 4.78 is 40.3. The van der Waals surface area contributed by atoms with Crippen LogP contribution in [0.5, 0.6) is 5.75 Å². The van der Waals surface area contributed by atoms with E-state index in [0.29, 0.717) is 12.1 Å². The van der Waals surface area contributed by atoms with Crippen molar-refractivity contribution >= 4 is 0 Å². The van der Waals surface area contributed by atoms with Gasteiger partial charge >= 0.3 is 6.36 Å². The fourth-order valence-corrected chi connectivity index (χ4v) is 2.73. The van der Waals surface area contributed by atoms with E-state index < -0.39 is 6.36 Å². The first-order valence-electron chi connectivity index (χ1n) is 7.11. The summed E-state index contributed by atoms with van der Waals surface area (Å²) in [5.74, 6) is -0.180. The average molecular weight is 302 g/mol. The number of nitrogens with one attached hydrogen (secondary N) is 1. The smallest absolute Gasteiger partial charge is 0.406 e. The molecule has 2 rings (SSSR count). The van der Waals surface area contributed by atoms with Crippen LogP contribution in [0.2, 0.25) is 0 Å². The lowest BCUT2D eigenvalue weighted by molar-refractivity contribution is -0.274. The van der Waals surface area contributed by atoms with Crippen molar-refractivity contribution in [3.63, 3.8) is 0 Å². The topological polar surface area (TPSA) is 24.5 Å².